The van der Waals surface area contributed by atoms with Gasteiger partial charge in [0.1, 0.15) is 10.8 Å². The van der Waals surface area contributed by atoms with Crippen molar-refractivity contribution >= 4 is 40.4 Å². The zero-order chi connectivity index (χ0) is 18.8. The number of anilines is 1. The first kappa shape index (κ1) is 17.6. The van der Waals surface area contributed by atoms with Gasteiger partial charge in [-0.15, -0.1) is 0 Å². The molecule has 0 fully saturated rings. The van der Waals surface area contributed by atoms with Gasteiger partial charge < -0.3 is 4.74 Å². The summed E-state index contributed by atoms with van der Waals surface area (Å²) in [6.45, 7) is 2.27. The van der Waals surface area contributed by atoms with Crippen LogP contribution < -0.4 is 9.64 Å². The van der Waals surface area contributed by atoms with Crippen LogP contribution in [0.1, 0.15) is 12.5 Å². The summed E-state index contributed by atoms with van der Waals surface area (Å²) in [5, 5.41) is 10.5. The SMILES string of the molecule is CCOc1cccc(N2C(=O)C(Cl)=C(c3ccc([N+](=O)[O-])cc3)C2=O)c1. The second-order valence-corrected chi connectivity index (χ2v) is 5.75. The van der Waals surface area contributed by atoms with E-state index < -0.39 is 16.7 Å². The standard InChI is InChI=1S/C18H13ClN2O5/c1-2-26-14-5-3-4-13(10-14)20-17(22)15(16(19)18(20)23)11-6-8-12(9-7-11)21(24)25/h3-10H,2H2,1H3. The number of ether oxygens (including phenoxy) is 1. The van der Waals surface area contributed by atoms with Crippen molar-refractivity contribution < 1.29 is 19.2 Å². The van der Waals surface area contributed by atoms with Crippen molar-refractivity contribution in [2.45, 2.75) is 6.92 Å². The van der Waals surface area contributed by atoms with E-state index in [1.165, 1.54) is 24.3 Å². The quantitative estimate of drug-likeness (QED) is 0.455. The fraction of sp³-hybridized carbons (Fsp3) is 0.111. The van der Waals surface area contributed by atoms with Crippen LogP contribution in [0.4, 0.5) is 11.4 Å². The first-order valence-corrected chi connectivity index (χ1v) is 8.08. The Balaban J connectivity index is 1.97. The van der Waals surface area contributed by atoms with Gasteiger partial charge in [-0.25, -0.2) is 4.90 Å². The molecule has 1 aliphatic rings. The van der Waals surface area contributed by atoms with Crippen LogP contribution in [0.15, 0.2) is 53.6 Å². The van der Waals surface area contributed by atoms with E-state index in [1.54, 1.807) is 24.3 Å². The molecule has 0 N–H and O–H groups in total. The number of carbonyl (C=O) groups excluding carboxylic acids is 2. The Bertz CT molecular complexity index is 937. The van der Waals surface area contributed by atoms with Crippen LogP contribution in [0.25, 0.3) is 5.57 Å². The number of hydrogen-bond donors (Lipinski definition) is 0. The minimum atomic E-state index is -0.654. The van der Waals surface area contributed by atoms with Crippen molar-refractivity contribution in [3.8, 4) is 5.75 Å². The van der Waals surface area contributed by atoms with Gasteiger partial charge in [-0.2, -0.15) is 0 Å². The number of imide groups is 1. The van der Waals surface area contributed by atoms with Gasteiger partial charge >= 0.3 is 0 Å². The first-order valence-electron chi connectivity index (χ1n) is 7.70. The highest BCUT2D eigenvalue weighted by molar-refractivity contribution is 6.60. The first-order chi connectivity index (χ1) is 12.4. The fourth-order valence-corrected chi connectivity index (χ4v) is 2.89. The number of amides is 2. The van der Waals surface area contributed by atoms with E-state index in [0.29, 0.717) is 23.6 Å². The predicted molar refractivity (Wildman–Crippen MR) is 96.0 cm³/mol. The van der Waals surface area contributed by atoms with Crippen LogP contribution in [-0.2, 0) is 9.59 Å². The lowest BCUT2D eigenvalue weighted by atomic mass is 10.1. The fourth-order valence-electron chi connectivity index (χ4n) is 2.62. The third kappa shape index (κ3) is 3.04. The van der Waals surface area contributed by atoms with Crippen molar-refractivity contribution in [3.63, 3.8) is 0 Å². The molecule has 8 heteroatoms. The smallest absolute Gasteiger partial charge is 0.277 e. The average Bonchev–Trinajstić information content (AvgIpc) is 2.85. The summed E-state index contributed by atoms with van der Waals surface area (Å²) < 4.78 is 5.39. The molecule has 132 valence electrons. The molecule has 0 unspecified atom stereocenters. The van der Waals surface area contributed by atoms with Crippen LogP contribution in [0.3, 0.4) is 0 Å². The Labute approximate surface area is 153 Å². The highest BCUT2D eigenvalue weighted by Crippen LogP contribution is 2.36. The van der Waals surface area contributed by atoms with Crippen LogP contribution in [-0.4, -0.2) is 23.3 Å². The number of nitro groups is 1. The van der Waals surface area contributed by atoms with Crippen LogP contribution in [0, 0.1) is 10.1 Å². The number of non-ortho nitro benzene ring substituents is 1. The highest BCUT2D eigenvalue weighted by atomic mass is 35.5. The van der Waals surface area contributed by atoms with Crippen molar-refractivity contribution in [1.29, 1.82) is 0 Å². The Kier molecular flexibility index (Phi) is 4.73. The molecule has 0 atom stereocenters. The number of hydrogen-bond acceptors (Lipinski definition) is 5. The maximum absolute atomic E-state index is 12.8. The molecule has 0 spiro atoms. The van der Waals surface area contributed by atoms with E-state index in [1.807, 2.05) is 6.92 Å². The lowest BCUT2D eigenvalue weighted by Crippen LogP contribution is -2.31. The molecule has 2 aromatic carbocycles. The van der Waals surface area contributed by atoms with Gasteiger partial charge in [-0.1, -0.05) is 17.7 Å². The molecule has 0 saturated heterocycles. The van der Waals surface area contributed by atoms with Crippen LogP contribution in [0.5, 0.6) is 5.75 Å². The van der Waals surface area contributed by atoms with E-state index in [4.69, 9.17) is 16.3 Å². The molecule has 0 bridgehead atoms. The molecule has 26 heavy (non-hydrogen) atoms. The summed E-state index contributed by atoms with van der Waals surface area (Å²) in [4.78, 5) is 36.5. The van der Waals surface area contributed by atoms with E-state index in [9.17, 15) is 19.7 Å². The monoisotopic (exact) mass is 372 g/mol. The van der Waals surface area contributed by atoms with Gasteiger partial charge in [0, 0.05) is 18.2 Å². The normalized spacial score (nSPS) is 14.2. The largest absolute Gasteiger partial charge is 0.494 e. The van der Waals surface area contributed by atoms with Gasteiger partial charge in [0.15, 0.2) is 0 Å². The number of halogens is 1. The van der Waals surface area contributed by atoms with Crippen molar-refractivity contribution in [2.75, 3.05) is 11.5 Å². The molecular formula is C18H13ClN2O5. The maximum atomic E-state index is 12.8. The summed E-state index contributed by atoms with van der Waals surface area (Å²) >= 11 is 6.11. The minimum absolute atomic E-state index is 0.00776. The third-order valence-electron chi connectivity index (χ3n) is 3.78. The van der Waals surface area contributed by atoms with Crippen molar-refractivity contribution in [2.24, 2.45) is 0 Å². The topological polar surface area (TPSA) is 89.8 Å². The van der Waals surface area contributed by atoms with Gasteiger partial charge in [0.25, 0.3) is 17.5 Å². The van der Waals surface area contributed by atoms with Gasteiger partial charge in [-0.3, -0.25) is 19.7 Å². The number of benzene rings is 2. The summed E-state index contributed by atoms with van der Waals surface area (Å²) in [5.74, 6) is -0.730. The number of carbonyl (C=O) groups is 2. The third-order valence-corrected chi connectivity index (χ3v) is 4.13. The Morgan fingerprint density at radius 3 is 2.42 bits per heavy atom. The lowest BCUT2D eigenvalue weighted by Gasteiger charge is -2.16. The Morgan fingerprint density at radius 2 is 1.81 bits per heavy atom. The molecule has 0 radical (unpaired) electrons. The molecular weight excluding hydrogens is 360 g/mol. The van der Waals surface area contributed by atoms with E-state index in [0.717, 1.165) is 4.90 Å². The predicted octanol–water partition coefficient (Wildman–Crippen LogP) is 3.52. The molecule has 0 aliphatic carbocycles. The molecule has 0 saturated carbocycles. The zero-order valence-corrected chi connectivity index (χ0v) is 14.4. The number of nitro benzene ring substituents is 1. The van der Waals surface area contributed by atoms with Crippen molar-refractivity contribution in [1.82, 2.24) is 0 Å². The molecule has 7 nitrogen and oxygen atoms in total. The number of nitrogens with zero attached hydrogens (tertiary/aromatic N) is 2. The second kappa shape index (κ2) is 6.97. The molecule has 2 amide bonds. The van der Waals surface area contributed by atoms with E-state index in [-0.39, 0.29) is 16.3 Å². The van der Waals surface area contributed by atoms with Gasteiger partial charge in [0.2, 0.25) is 0 Å². The average molecular weight is 373 g/mol. The molecule has 0 aromatic heterocycles. The molecule has 2 aromatic rings. The number of rotatable bonds is 5. The Hall–Kier alpha value is -3.19. The van der Waals surface area contributed by atoms with E-state index in [2.05, 4.69) is 0 Å². The minimum Gasteiger partial charge on any atom is -0.494 e. The molecule has 1 heterocycles. The van der Waals surface area contributed by atoms with Gasteiger partial charge in [0.05, 0.1) is 22.8 Å². The molecule has 3 rings (SSSR count). The maximum Gasteiger partial charge on any atom is 0.277 e. The summed E-state index contributed by atoms with van der Waals surface area (Å²) in [6, 6.07) is 11.8. The van der Waals surface area contributed by atoms with Crippen molar-refractivity contribution in [3.05, 3.63) is 69.2 Å². The van der Waals surface area contributed by atoms with Crippen LogP contribution in [0.2, 0.25) is 0 Å². The summed E-state index contributed by atoms with van der Waals surface area (Å²) in [6.07, 6.45) is 0. The lowest BCUT2D eigenvalue weighted by molar-refractivity contribution is -0.384. The second-order valence-electron chi connectivity index (χ2n) is 5.37. The molecule has 1 aliphatic heterocycles. The highest BCUT2D eigenvalue weighted by Gasteiger charge is 2.39. The van der Waals surface area contributed by atoms with Crippen LogP contribution >= 0.6 is 11.6 Å². The zero-order valence-electron chi connectivity index (χ0n) is 13.6. The summed E-state index contributed by atoms with van der Waals surface area (Å²) in [7, 11) is 0. The van der Waals surface area contributed by atoms with E-state index >= 15 is 0 Å². The Morgan fingerprint density at radius 1 is 1.12 bits per heavy atom. The summed E-state index contributed by atoms with van der Waals surface area (Å²) in [5.41, 5.74) is 0.556. The van der Waals surface area contributed by atoms with Gasteiger partial charge in [-0.05, 0) is 36.8 Å².